The minimum Gasteiger partial charge on any atom is -0.494 e. The van der Waals surface area contributed by atoms with E-state index in [9.17, 15) is 24.9 Å². The van der Waals surface area contributed by atoms with Gasteiger partial charge in [0.25, 0.3) is 0 Å². The van der Waals surface area contributed by atoms with E-state index >= 15 is 0 Å². The quantitative estimate of drug-likeness (QED) is 0.346. The lowest BCUT2D eigenvalue weighted by Gasteiger charge is -2.24. The molecule has 1 aromatic rings. The summed E-state index contributed by atoms with van der Waals surface area (Å²) in [5, 5.41) is 29.1. The number of aldehydes is 1. The van der Waals surface area contributed by atoms with Crippen molar-refractivity contribution >= 4 is 47.9 Å². The number of halogens is 3. The van der Waals surface area contributed by atoms with E-state index < -0.39 is 36.9 Å². The number of carbonyl (C=O) groups excluding carboxylic acids is 2. The number of carbonyl (C=O) groups is 2. The van der Waals surface area contributed by atoms with Gasteiger partial charge in [0.1, 0.15) is 36.8 Å². The van der Waals surface area contributed by atoms with Crippen LogP contribution >= 0.6 is 35.6 Å². The number of hydrogen-bond donors (Lipinski definition) is 4. The first kappa shape index (κ1) is 23.9. The Kier molecular flexibility index (Phi) is 10.3. The maximum absolute atomic E-state index is 12.1. The molecule has 142 valence electrons. The molecule has 11 heteroatoms. The molecule has 0 radical (unpaired) electrons. The van der Waals surface area contributed by atoms with Crippen LogP contribution in [0.15, 0.2) is 12.1 Å². The number of hydrogen-bond acceptors (Lipinski definition) is 8. The lowest BCUT2D eigenvalue weighted by molar-refractivity contribution is -0.118. The summed E-state index contributed by atoms with van der Waals surface area (Å²) in [5.74, 6) is -0.966. The van der Waals surface area contributed by atoms with Crippen LogP contribution in [0.5, 0.6) is 5.75 Å². The smallest absolute Gasteiger partial charge is 0.343 e. The number of ether oxygens (including phenoxy) is 2. The van der Waals surface area contributed by atoms with Crippen LogP contribution in [0.1, 0.15) is 10.4 Å². The maximum Gasteiger partial charge on any atom is 0.343 e. The fourth-order valence-corrected chi connectivity index (χ4v) is 2.25. The molecule has 0 bridgehead atoms. The van der Waals surface area contributed by atoms with Gasteiger partial charge >= 0.3 is 5.97 Å². The minimum atomic E-state index is -1.80. The van der Waals surface area contributed by atoms with E-state index in [-0.39, 0.29) is 40.1 Å². The molecule has 1 aromatic carbocycles. The molecule has 0 aliphatic rings. The first-order valence-corrected chi connectivity index (χ1v) is 7.44. The summed E-state index contributed by atoms with van der Waals surface area (Å²) < 4.78 is 9.83. The number of aliphatic hydroxyl groups is 3. The standard InChI is InChI=1S/C14H17Cl2NO7.ClH/c1-23-13-7(16)3-2-6(15)10(13)14(22)24-5-9(19)12(21)11(20)8(17)4-18;/h2-4,8-9,11-12,19-21H,5,17H2,1H3;1H/t8-,9-,11-,12-;/m1./s1. The van der Waals surface area contributed by atoms with Crippen molar-refractivity contribution < 1.29 is 34.4 Å². The van der Waals surface area contributed by atoms with E-state index in [4.69, 9.17) is 38.4 Å². The Hall–Kier alpha value is -1.13. The van der Waals surface area contributed by atoms with Gasteiger partial charge in [-0.15, -0.1) is 12.4 Å². The van der Waals surface area contributed by atoms with Gasteiger partial charge in [-0.3, -0.25) is 0 Å². The number of benzene rings is 1. The molecule has 0 aliphatic heterocycles. The summed E-state index contributed by atoms with van der Waals surface area (Å²) in [6, 6.07) is 1.39. The maximum atomic E-state index is 12.1. The Bertz CT molecular complexity index is 602. The van der Waals surface area contributed by atoms with Crippen LogP contribution in [0.3, 0.4) is 0 Å². The normalized spacial score (nSPS) is 15.3. The number of rotatable bonds is 8. The summed E-state index contributed by atoms with van der Waals surface area (Å²) in [5.41, 5.74) is 5.08. The van der Waals surface area contributed by atoms with Gasteiger partial charge in [0.15, 0.2) is 5.75 Å². The van der Waals surface area contributed by atoms with Gasteiger partial charge in [-0.2, -0.15) is 0 Å². The largest absolute Gasteiger partial charge is 0.494 e. The van der Waals surface area contributed by atoms with Crippen molar-refractivity contribution in [3.8, 4) is 5.75 Å². The Labute approximate surface area is 159 Å². The predicted molar refractivity (Wildman–Crippen MR) is 92.6 cm³/mol. The first-order valence-electron chi connectivity index (χ1n) is 6.68. The third-order valence-corrected chi connectivity index (χ3v) is 3.76. The van der Waals surface area contributed by atoms with Crippen molar-refractivity contribution in [2.24, 2.45) is 5.73 Å². The van der Waals surface area contributed by atoms with Crippen LogP contribution in [-0.4, -0.2) is 65.6 Å². The van der Waals surface area contributed by atoms with Crippen LogP contribution in [0.2, 0.25) is 10.0 Å². The van der Waals surface area contributed by atoms with E-state index in [0.717, 1.165) is 0 Å². The summed E-state index contributed by atoms with van der Waals surface area (Å²) in [7, 11) is 1.28. The van der Waals surface area contributed by atoms with E-state index in [0.29, 0.717) is 0 Å². The van der Waals surface area contributed by atoms with E-state index in [1.54, 1.807) is 0 Å². The van der Waals surface area contributed by atoms with E-state index in [1.807, 2.05) is 0 Å². The molecule has 0 fully saturated rings. The van der Waals surface area contributed by atoms with Crippen LogP contribution in [0, 0.1) is 0 Å². The monoisotopic (exact) mass is 417 g/mol. The van der Waals surface area contributed by atoms with Gasteiger partial charge in [-0.05, 0) is 12.1 Å². The fourth-order valence-electron chi connectivity index (χ4n) is 1.79. The molecule has 0 aromatic heterocycles. The average molecular weight is 419 g/mol. The van der Waals surface area contributed by atoms with Gasteiger partial charge < -0.3 is 35.3 Å². The molecule has 0 amide bonds. The fraction of sp³-hybridized carbons (Fsp3) is 0.429. The van der Waals surface area contributed by atoms with Gasteiger partial charge in [-0.1, -0.05) is 23.2 Å². The first-order chi connectivity index (χ1) is 11.2. The molecule has 25 heavy (non-hydrogen) atoms. The Morgan fingerprint density at radius 1 is 1.24 bits per heavy atom. The summed E-state index contributed by atoms with van der Waals surface area (Å²) in [6.45, 7) is -0.686. The molecule has 5 N–H and O–H groups in total. The van der Waals surface area contributed by atoms with Gasteiger partial charge in [0.2, 0.25) is 0 Å². The molecule has 0 aliphatic carbocycles. The molecule has 8 nitrogen and oxygen atoms in total. The molecule has 0 saturated heterocycles. The van der Waals surface area contributed by atoms with Crippen molar-refractivity contribution in [2.45, 2.75) is 24.4 Å². The van der Waals surface area contributed by atoms with Gasteiger partial charge in [-0.25, -0.2) is 4.79 Å². The second kappa shape index (κ2) is 10.8. The number of aliphatic hydroxyl groups excluding tert-OH is 3. The zero-order valence-corrected chi connectivity index (χ0v) is 15.3. The van der Waals surface area contributed by atoms with Gasteiger partial charge in [0, 0.05) is 0 Å². The highest BCUT2D eigenvalue weighted by molar-refractivity contribution is 6.37. The molecular formula is C14H18Cl3NO7. The highest BCUT2D eigenvalue weighted by Crippen LogP contribution is 2.34. The Morgan fingerprint density at radius 3 is 2.32 bits per heavy atom. The summed E-state index contributed by atoms with van der Waals surface area (Å²) >= 11 is 11.8. The minimum absolute atomic E-state index is 0. The third kappa shape index (κ3) is 5.96. The second-order valence-corrected chi connectivity index (χ2v) is 5.61. The highest BCUT2D eigenvalue weighted by atomic mass is 35.5. The van der Waals surface area contributed by atoms with E-state index in [1.165, 1.54) is 19.2 Å². The number of esters is 1. The van der Waals surface area contributed by atoms with Crippen molar-refractivity contribution in [1.29, 1.82) is 0 Å². The Balaban J connectivity index is 0.00000576. The topological polar surface area (TPSA) is 139 Å². The van der Waals surface area contributed by atoms with Crippen molar-refractivity contribution in [1.82, 2.24) is 0 Å². The van der Waals surface area contributed by atoms with Gasteiger partial charge in [0.05, 0.1) is 23.2 Å². The number of nitrogens with two attached hydrogens (primary N) is 1. The summed E-state index contributed by atoms with van der Waals surface area (Å²) in [4.78, 5) is 22.6. The van der Waals surface area contributed by atoms with Crippen LogP contribution in [0.25, 0.3) is 0 Å². The van der Waals surface area contributed by atoms with Crippen LogP contribution in [0.4, 0.5) is 0 Å². The lowest BCUT2D eigenvalue weighted by atomic mass is 10.0. The van der Waals surface area contributed by atoms with Crippen molar-refractivity contribution in [2.75, 3.05) is 13.7 Å². The number of methoxy groups -OCH3 is 1. The zero-order chi connectivity index (χ0) is 18.4. The Morgan fingerprint density at radius 2 is 1.80 bits per heavy atom. The van der Waals surface area contributed by atoms with Crippen molar-refractivity contribution in [3.05, 3.63) is 27.7 Å². The average Bonchev–Trinajstić information content (AvgIpc) is 2.58. The summed E-state index contributed by atoms with van der Waals surface area (Å²) in [6.07, 6.45) is -4.99. The predicted octanol–water partition coefficient (Wildman–Crippen LogP) is 0.190. The molecule has 4 atom stereocenters. The van der Waals surface area contributed by atoms with E-state index in [2.05, 4.69) is 0 Å². The van der Waals surface area contributed by atoms with Crippen LogP contribution in [-0.2, 0) is 9.53 Å². The highest BCUT2D eigenvalue weighted by Gasteiger charge is 2.31. The molecule has 0 unspecified atom stereocenters. The van der Waals surface area contributed by atoms with Crippen LogP contribution < -0.4 is 10.5 Å². The molecule has 0 saturated carbocycles. The molecular weight excluding hydrogens is 401 g/mol. The SMILES string of the molecule is COc1c(Cl)ccc(Cl)c1C(=O)OC[C@@H](O)[C@@H](O)[C@H](O)[C@H](N)C=O.Cl. The zero-order valence-electron chi connectivity index (χ0n) is 13.0. The van der Waals surface area contributed by atoms with Crippen molar-refractivity contribution in [3.63, 3.8) is 0 Å². The molecule has 1 rings (SSSR count). The lowest BCUT2D eigenvalue weighted by Crippen LogP contribution is -2.50. The molecule has 0 heterocycles. The third-order valence-electron chi connectivity index (χ3n) is 3.15. The second-order valence-electron chi connectivity index (χ2n) is 4.80. The molecule has 0 spiro atoms.